The van der Waals surface area contributed by atoms with E-state index in [1.54, 1.807) is 6.92 Å². The first-order valence-corrected chi connectivity index (χ1v) is 7.20. The van der Waals surface area contributed by atoms with Crippen LogP contribution in [0.3, 0.4) is 0 Å². The van der Waals surface area contributed by atoms with Gasteiger partial charge in [0.2, 0.25) is 5.76 Å². The minimum atomic E-state index is -1.01. The number of hydrogen-bond acceptors (Lipinski definition) is 3. The maximum atomic E-state index is 11.1. The molecule has 1 atom stereocenters. The highest BCUT2D eigenvalue weighted by molar-refractivity contribution is 5.86. The lowest BCUT2D eigenvalue weighted by Crippen LogP contribution is -2.33. The Bertz CT molecular complexity index is 674. The quantitative estimate of drug-likeness (QED) is 0.938. The molecule has 1 aromatic heterocycles. The number of fused-ring (bicyclic) bond motifs is 1. The van der Waals surface area contributed by atoms with Crippen molar-refractivity contribution in [3.8, 4) is 0 Å². The Morgan fingerprint density at radius 2 is 2.19 bits per heavy atom. The number of benzene rings is 1. The summed E-state index contributed by atoms with van der Waals surface area (Å²) in [5.41, 5.74) is 3.25. The molecule has 0 amide bonds. The van der Waals surface area contributed by atoms with Crippen molar-refractivity contribution in [2.75, 3.05) is 11.4 Å². The third-order valence-corrected chi connectivity index (χ3v) is 3.94. The number of para-hydroxylation sites is 1. The Morgan fingerprint density at radius 1 is 1.43 bits per heavy atom. The molecule has 0 radical (unpaired) electrons. The summed E-state index contributed by atoms with van der Waals surface area (Å²) < 4.78 is 5.49. The molecule has 0 spiro atoms. The first kappa shape index (κ1) is 13.7. The van der Waals surface area contributed by atoms with Gasteiger partial charge in [0.15, 0.2) is 0 Å². The van der Waals surface area contributed by atoms with Gasteiger partial charge in [-0.25, -0.2) is 4.79 Å². The molecule has 0 saturated carbocycles. The van der Waals surface area contributed by atoms with Crippen LogP contribution in [0, 0.1) is 12.8 Å². The van der Waals surface area contributed by atoms with Crippen LogP contribution >= 0.6 is 0 Å². The third-order valence-electron chi connectivity index (χ3n) is 3.94. The highest BCUT2D eigenvalue weighted by Gasteiger charge is 2.23. The molecule has 0 bridgehead atoms. The number of aryl methyl sites for hydroxylation is 1. The summed E-state index contributed by atoms with van der Waals surface area (Å²) >= 11 is 0. The van der Waals surface area contributed by atoms with Crippen LogP contribution in [0.1, 0.15) is 34.4 Å². The van der Waals surface area contributed by atoms with Crippen molar-refractivity contribution in [3.05, 3.63) is 53.0 Å². The minimum absolute atomic E-state index is 0.0448. The number of rotatable bonds is 3. The van der Waals surface area contributed by atoms with E-state index in [0.717, 1.165) is 13.0 Å². The van der Waals surface area contributed by atoms with Gasteiger partial charge in [-0.2, -0.15) is 0 Å². The van der Waals surface area contributed by atoms with Crippen molar-refractivity contribution in [2.24, 2.45) is 5.92 Å². The van der Waals surface area contributed by atoms with Gasteiger partial charge in [0.1, 0.15) is 5.76 Å². The van der Waals surface area contributed by atoms with Crippen molar-refractivity contribution in [2.45, 2.75) is 26.8 Å². The molecule has 1 N–H and O–H groups in total. The standard InChI is InChI=1S/C17H19NO3/c1-11-7-13-5-3-4-6-15(13)18(9-11)10-14-8-12(2)16(21-14)17(19)20/h3-6,8,11H,7,9-10H2,1-2H3,(H,19,20). The van der Waals surface area contributed by atoms with E-state index in [1.807, 2.05) is 12.1 Å². The van der Waals surface area contributed by atoms with Crippen LogP contribution in [0.4, 0.5) is 5.69 Å². The van der Waals surface area contributed by atoms with Crippen LogP contribution in [0.15, 0.2) is 34.7 Å². The van der Waals surface area contributed by atoms with E-state index in [4.69, 9.17) is 9.52 Å². The maximum Gasteiger partial charge on any atom is 0.372 e. The summed E-state index contributed by atoms with van der Waals surface area (Å²) in [6.45, 7) is 5.57. The summed E-state index contributed by atoms with van der Waals surface area (Å²) in [6, 6.07) is 10.2. The highest BCUT2D eigenvalue weighted by Crippen LogP contribution is 2.31. The third kappa shape index (κ3) is 2.66. The fraction of sp³-hybridized carbons (Fsp3) is 0.353. The molecular formula is C17H19NO3. The Morgan fingerprint density at radius 3 is 2.90 bits per heavy atom. The second kappa shape index (κ2) is 5.28. The fourth-order valence-corrected chi connectivity index (χ4v) is 3.08. The van der Waals surface area contributed by atoms with Crippen molar-refractivity contribution in [1.82, 2.24) is 0 Å². The van der Waals surface area contributed by atoms with Gasteiger partial charge in [0.25, 0.3) is 0 Å². The van der Waals surface area contributed by atoms with Crippen molar-refractivity contribution >= 4 is 11.7 Å². The van der Waals surface area contributed by atoms with E-state index in [9.17, 15) is 4.79 Å². The normalized spacial score (nSPS) is 17.6. The highest BCUT2D eigenvalue weighted by atomic mass is 16.4. The predicted octanol–water partition coefficient (Wildman–Crippen LogP) is 3.49. The first-order chi connectivity index (χ1) is 10.0. The molecule has 0 fully saturated rings. The predicted molar refractivity (Wildman–Crippen MR) is 80.8 cm³/mol. The average Bonchev–Trinajstić information content (AvgIpc) is 2.79. The number of anilines is 1. The minimum Gasteiger partial charge on any atom is -0.475 e. The van der Waals surface area contributed by atoms with Gasteiger partial charge in [-0.1, -0.05) is 25.1 Å². The van der Waals surface area contributed by atoms with Crippen LogP contribution in [0.2, 0.25) is 0 Å². The Labute approximate surface area is 124 Å². The van der Waals surface area contributed by atoms with E-state index in [1.165, 1.54) is 11.3 Å². The molecule has 2 aromatic rings. The van der Waals surface area contributed by atoms with Crippen LogP contribution in [-0.4, -0.2) is 17.6 Å². The van der Waals surface area contributed by atoms with E-state index in [0.29, 0.717) is 23.8 Å². The van der Waals surface area contributed by atoms with E-state index >= 15 is 0 Å². The Hall–Kier alpha value is -2.23. The van der Waals surface area contributed by atoms with E-state index in [2.05, 4.69) is 30.0 Å². The lowest BCUT2D eigenvalue weighted by Gasteiger charge is -2.34. The number of nitrogens with zero attached hydrogens (tertiary/aromatic N) is 1. The van der Waals surface area contributed by atoms with Crippen molar-refractivity contribution < 1.29 is 14.3 Å². The largest absolute Gasteiger partial charge is 0.475 e. The lowest BCUT2D eigenvalue weighted by molar-refractivity contribution is 0.0659. The van der Waals surface area contributed by atoms with Gasteiger partial charge in [0, 0.05) is 17.8 Å². The zero-order valence-corrected chi connectivity index (χ0v) is 12.3. The number of furan rings is 1. The molecule has 110 valence electrons. The SMILES string of the molecule is Cc1cc(CN2CC(C)Cc3ccccc32)oc1C(=O)O. The van der Waals surface area contributed by atoms with Crippen LogP contribution < -0.4 is 4.90 Å². The zero-order valence-electron chi connectivity index (χ0n) is 12.3. The summed E-state index contributed by atoms with van der Waals surface area (Å²) in [5, 5.41) is 9.08. The summed E-state index contributed by atoms with van der Waals surface area (Å²) in [4.78, 5) is 13.3. The van der Waals surface area contributed by atoms with Crippen LogP contribution in [0.25, 0.3) is 0 Å². The molecule has 0 saturated heterocycles. The Balaban J connectivity index is 1.88. The first-order valence-electron chi connectivity index (χ1n) is 7.20. The molecular weight excluding hydrogens is 266 g/mol. The molecule has 4 nitrogen and oxygen atoms in total. The molecule has 0 aliphatic carbocycles. The Kier molecular flexibility index (Phi) is 3.45. The van der Waals surface area contributed by atoms with Crippen molar-refractivity contribution in [3.63, 3.8) is 0 Å². The number of carbonyl (C=O) groups is 1. The van der Waals surface area contributed by atoms with E-state index < -0.39 is 5.97 Å². The van der Waals surface area contributed by atoms with E-state index in [-0.39, 0.29) is 5.76 Å². The average molecular weight is 285 g/mol. The van der Waals surface area contributed by atoms with Crippen LogP contribution in [0.5, 0.6) is 0 Å². The molecule has 3 rings (SSSR count). The zero-order chi connectivity index (χ0) is 15.0. The fourth-order valence-electron chi connectivity index (χ4n) is 3.08. The lowest BCUT2D eigenvalue weighted by atomic mass is 9.94. The molecule has 1 aliphatic heterocycles. The molecule has 1 aliphatic rings. The summed E-state index contributed by atoms with van der Waals surface area (Å²) in [7, 11) is 0. The molecule has 21 heavy (non-hydrogen) atoms. The molecule has 1 aromatic carbocycles. The molecule has 2 heterocycles. The summed E-state index contributed by atoms with van der Waals surface area (Å²) in [6.07, 6.45) is 1.09. The summed E-state index contributed by atoms with van der Waals surface area (Å²) in [5.74, 6) is 0.318. The number of hydrogen-bond donors (Lipinski definition) is 1. The number of carboxylic acids is 1. The van der Waals surface area contributed by atoms with Gasteiger partial charge in [-0.15, -0.1) is 0 Å². The monoisotopic (exact) mass is 285 g/mol. The smallest absolute Gasteiger partial charge is 0.372 e. The number of aromatic carboxylic acids is 1. The van der Waals surface area contributed by atoms with Gasteiger partial charge < -0.3 is 14.4 Å². The van der Waals surface area contributed by atoms with Crippen molar-refractivity contribution in [1.29, 1.82) is 0 Å². The number of carboxylic acid groups (broad SMARTS) is 1. The van der Waals surface area contributed by atoms with Gasteiger partial charge in [0.05, 0.1) is 6.54 Å². The second-order valence-corrected chi connectivity index (χ2v) is 5.85. The molecule has 1 unspecified atom stereocenters. The molecule has 4 heteroatoms. The van der Waals surface area contributed by atoms with Gasteiger partial charge >= 0.3 is 5.97 Å². The van der Waals surface area contributed by atoms with Gasteiger partial charge in [-0.05, 0) is 37.0 Å². The second-order valence-electron chi connectivity index (χ2n) is 5.85. The van der Waals surface area contributed by atoms with Crippen LogP contribution in [-0.2, 0) is 13.0 Å². The van der Waals surface area contributed by atoms with Gasteiger partial charge in [-0.3, -0.25) is 0 Å². The topological polar surface area (TPSA) is 53.7 Å². The maximum absolute atomic E-state index is 11.1.